The summed E-state index contributed by atoms with van der Waals surface area (Å²) in [6, 6.07) is 8.11. The van der Waals surface area contributed by atoms with Gasteiger partial charge in [0.15, 0.2) is 11.9 Å². The Labute approximate surface area is 144 Å². The number of benzene rings is 1. The molecule has 3 heterocycles. The summed E-state index contributed by atoms with van der Waals surface area (Å²) < 4.78 is 3.06. The van der Waals surface area contributed by atoms with Crippen molar-refractivity contribution in [3.8, 4) is 0 Å². The Morgan fingerprint density at radius 2 is 2.21 bits per heavy atom. The number of aryl methyl sites for hydroxylation is 2. The van der Waals surface area contributed by atoms with Gasteiger partial charge >= 0.3 is 0 Å². The predicted octanol–water partition coefficient (Wildman–Crippen LogP) is 2.83. The summed E-state index contributed by atoms with van der Waals surface area (Å²) >= 11 is 1.64. The number of thiazole rings is 1. The van der Waals surface area contributed by atoms with Crippen molar-refractivity contribution in [2.24, 2.45) is 12.1 Å². The van der Waals surface area contributed by atoms with Crippen LogP contribution < -0.4 is 5.32 Å². The highest BCUT2D eigenvalue weighted by Crippen LogP contribution is 2.36. The molecule has 124 valence electrons. The molecule has 6 nitrogen and oxygen atoms in total. The highest BCUT2D eigenvalue weighted by Gasteiger charge is 2.29. The molecule has 1 unspecified atom stereocenters. The third-order valence-corrected chi connectivity index (χ3v) is 5.33. The second-order valence-electron chi connectivity index (χ2n) is 5.91. The van der Waals surface area contributed by atoms with Crippen LogP contribution in [0.1, 0.15) is 28.1 Å². The summed E-state index contributed by atoms with van der Waals surface area (Å²) in [5.41, 5.74) is 4.87. The van der Waals surface area contributed by atoms with Crippen LogP contribution in [0.25, 0.3) is 10.3 Å². The number of anilines is 1. The Bertz CT molecular complexity index is 942. The molecule has 0 saturated carbocycles. The fourth-order valence-electron chi connectivity index (χ4n) is 3.14. The van der Waals surface area contributed by atoms with E-state index in [1.54, 1.807) is 16.3 Å². The molecule has 0 saturated heterocycles. The lowest BCUT2D eigenvalue weighted by molar-refractivity contribution is -0.00997. The first kappa shape index (κ1) is 15.2. The molecule has 0 spiro atoms. The molecule has 1 aliphatic heterocycles. The second kappa shape index (κ2) is 5.61. The van der Waals surface area contributed by atoms with Crippen molar-refractivity contribution < 1.29 is 5.11 Å². The van der Waals surface area contributed by atoms with Crippen LogP contribution in [0, 0.1) is 6.92 Å². The molecule has 0 aliphatic carbocycles. The lowest BCUT2D eigenvalue weighted by atomic mass is 10.1. The minimum absolute atomic E-state index is 0.540. The molecule has 1 aliphatic rings. The van der Waals surface area contributed by atoms with Crippen molar-refractivity contribution >= 4 is 33.6 Å². The number of hydrogen-bond acceptors (Lipinski definition) is 6. The van der Waals surface area contributed by atoms with Gasteiger partial charge in [0.1, 0.15) is 0 Å². The quantitative estimate of drug-likeness (QED) is 0.769. The molecule has 3 aromatic rings. The highest BCUT2D eigenvalue weighted by atomic mass is 32.1. The van der Waals surface area contributed by atoms with E-state index in [0.717, 1.165) is 37.9 Å². The predicted molar refractivity (Wildman–Crippen MR) is 97.4 cm³/mol. The lowest BCUT2D eigenvalue weighted by Crippen LogP contribution is -2.28. The first-order valence-electron chi connectivity index (χ1n) is 7.79. The first-order valence-corrected chi connectivity index (χ1v) is 8.61. The average Bonchev–Trinajstić information content (AvgIpc) is 3.08. The van der Waals surface area contributed by atoms with Gasteiger partial charge in [-0.1, -0.05) is 12.1 Å². The summed E-state index contributed by atoms with van der Waals surface area (Å²) in [6.45, 7) is 2.53. The molecule has 1 aromatic carbocycles. The topological polar surface area (TPSA) is 65.7 Å². The van der Waals surface area contributed by atoms with Gasteiger partial charge in [-0.15, -0.1) is 11.3 Å². The molecule has 24 heavy (non-hydrogen) atoms. The number of aromatic nitrogens is 2. The van der Waals surface area contributed by atoms with E-state index in [2.05, 4.69) is 21.5 Å². The van der Waals surface area contributed by atoms with Crippen LogP contribution in [0.15, 0.2) is 29.4 Å². The molecule has 0 amide bonds. The SMILES string of the molecule is CNc1cccc(CN2N=Cc3c(n(C)c4nc(C)sc34)C2O)c1. The molecular weight excluding hydrogens is 322 g/mol. The van der Waals surface area contributed by atoms with Crippen molar-refractivity contribution in [3.05, 3.63) is 46.1 Å². The van der Waals surface area contributed by atoms with Crippen LogP contribution in [0.3, 0.4) is 0 Å². The largest absolute Gasteiger partial charge is 0.388 e. The standard InChI is InChI=1S/C17H19N5OS/c1-10-20-16-15(24-10)13-8-19-22(17(23)14(13)21(16)3)9-11-5-4-6-12(7-11)18-2/h4-8,17-18,23H,9H2,1-3H3. The van der Waals surface area contributed by atoms with Crippen molar-refractivity contribution in [1.29, 1.82) is 0 Å². The van der Waals surface area contributed by atoms with E-state index in [1.807, 2.05) is 50.0 Å². The lowest BCUT2D eigenvalue weighted by Gasteiger charge is -2.29. The third-order valence-electron chi connectivity index (χ3n) is 4.34. The van der Waals surface area contributed by atoms with E-state index in [9.17, 15) is 5.11 Å². The van der Waals surface area contributed by atoms with E-state index < -0.39 is 6.23 Å². The Hall–Kier alpha value is -2.38. The van der Waals surface area contributed by atoms with Crippen molar-refractivity contribution in [2.45, 2.75) is 19.7 Å². The van der Waals surface area contributed by atoms with Crippen LogP contribution in [0.4, 0.5) is 5.69 Å². The van der Waals surface area contributed by atoms with E-state index in [4.69, 9.17) is 0 Å². The van der Waals surface area contributed by atoms with Gasteiger partial charge in [-0.2, -0.15) is 5.10 Å². The van der Waals surface area contributed by atoms with Gasteiger partial charge < -0.3 is 15.0 Å². The van der Waals surface area contributed by atoms with Gasteiger partial charge in [-0.05, 0) is 24.6 Å². The number of aliphatic hydroxyl groups is 1. The summed E-state index contributed by atoms with van der Waals surface area (Å²) in [5, 5.41) is 21.2. The van der Waals surface area contributed by atoms with E-state index in [0.29, 0.717) is 6.54 Å². The van der Waals surface area contributed by atoms with Crippen molar-refractivity contribution in [1.82, 2.24) is 14.6 Å². The number of rotatable bonds is 3. The number of nitrogens with one attached hydrogen (secondary N) is 1. The summed E-state index contributed by atoms with van der Waals surface area (Å²) in [4.78, 5) is 4.57. The van der Waals surface area contributed by atoms with Crippen LogP contribution in [0.2, 0.25) is 0 Å². The normalized spacial score (nSPS) is 16.7. The maximum absolute atomic E-state index is 10.8. The van der Waals surface area contributed by atoms with Crippen molar-refractivity contribution in [3.63, 3.8) is 0 Å². The fraction of sp³-hybridized carbons (Fsp3) is 0.294. The maximum Gasteiger partial charge on any atom is 0.184 e. The third kappa shape index (κ3) is 2.28. The Balaban J connectivity index is 1.69. The van der Waals surface area contributed by atoms with Gasteiger partial charge in [0.25, 0.3) is 0 Å². The minimum atomic E-state index is -0.782. The number of fused-ring (bicyclic) bond motifs is 3. The molecule has 2 N–H and O–H groups in total. The minimum Gasteiger partial charge on any atom is -0.388 e. The zero-order valence-corrected chi connectivity index (χ0v) is 14.6. The number of nitrogens with zero attached hydrogens (tertiary/aromatic N) is 4. The van der Waals surface area contributed by atoms with Crippen LogP contribution >= 0.6 is 11.3 Å². The van der Waals surface area contributed by atoms with E-state index >= 15 is 0 Å². The highest BCUT2D eigenvalue weighted by molar-refractivity contribution is 7.18. The molecule has 0 radical (unpaired) electrons. The van der Waals surface area contributed by atoms with E-state index in [-0.39, 0.29) is 0 Å². The molecule has 4 rings (SSSR count). The molecule has 0 fully saturated rings. The molecule has 0 bridgehead atoms. The summed E-state index contributed by atoms with van der Waals surface area (Å²) in [5.74, 6) is 0. The summed E-state index contributed by atoms with van der Waals surface area (Å²) in [7, 11) is 3.84. The zero-order chi connectivity index (χ0) is 16.8. The Morgan fingerprint density at radius 1 is 1.38 bits per heavy atom. The molecule has 2 aromatic heterocycles. The maximum atomic E-state index is 10.8. The van der Waals surface area contributed by atoms with Gasteiger partial charge in [-0.3, -0.25) is 5.01 Å². The monoisotopic (exact) mass is 341 g/mol. The van der Waals surface area contributed by atoms with Gasteiger partial charge in [0, 0.05) is 25.3 Å². The second-order valence-corrected chi connectivity index (χ2v) is 7.11. The van der Waals surface area contributed by atoms with E-state index in [1.165, 1.54) is 0 Å². The molecule has 7 heteroatoms. The molecular formula is C17H19N5OS. The number of hydrazone groups is 1. The van der Waals surface area contributed by atoms with Gasteiger partial charge in [0.05, 0.1) is 28.2 Å². The van der Waals surface area contributed by atoms with Crippen LogP contribution in [0.5, 0.6) is 0 Å². The van der Waals surface area contributed by atoms with Gasteiger partial charge in [0.2, 0.25) is 0 Å². The number of hydrogen-bond donors (Lipinski definition) is 2. The Kier molecular flexibility index (Phi) is 3.54. The zero-order valence-electron chi connectivity index (χ0n) is 13.8. The Morgan fingerprint density at radius 3 is 3.00 bits per heavy atom. The molecule has 1 atom stereocenters. The van der Waals surface area contributed by atoms with Crippen LogP contribution in [-0.2, 0) is 13.6 Å². The average molecular weight is 341 g/mol. The fourth-order valence-corrected chi connectivity index (χ4v) is 4.11. The van der Waals surface area contributed by atoms with Gasteiger partial charge in [-0.25, -0.2) is 4.98 Å². The first-order chi connectivity index (χ1) is 11.6. The smallest absolute Gasteiger partial charge is 0.184 e. The van der Waals surface area contributed by atoms with Crippen LogP contribution in [-0.4, -0.2) is 32.9 Å². The summed E-state index contributed by atoms with van der Waals surface area (Å²) in [6.07, 6.45) is 1.05. The van der Waals surface area contributed by atoms with Crippen molar-refractivity contribution in [2.75, 3.05) is 12.4 Å². The number of aliphatic hydroxyl groups excluding tert-OH is 1.